The van der Waals surface area contributed by atoms with Gasteiger partial charge < -0.3 is 10.1 Å². The molecule has 3 nitrogen and oxygen atoms in total. The molecule has 0 unspecified atom stereocenters. The van der Waals surface area contributed by atoms with Crippen LogP contribution in [-0.4, -0.2) is 11.7 Å². The third-order valence-corrected chi connectivity index (χ3v) is 4.48. The number of amides is 1. The summed E-state index contributed by atoms with van der Waals surface area (Å²) in [7, 11) is 0. The van der Waals surface area contributed by atoms with Gasteiger partial charge in [-0.2, -0.15) is 11.3 Å². The van der Waals surface area contributed by atoms with E-state index in [0.29, 0.717) is 0 Å². The Balaban J connectivity index is 1.91. The van der Waals surface area contributed by atoms with Crippen molar-refractivity contribution in [3.63, 3.8) is 0 Å². The molecular formula is C19H21NO2S. The molecule has 1 N–H and O–H groups in total. The maximum absolute atomic E-state index is 12.3. The van der Waals surface area contributed by atoms with Crippen LogP contribution in [-0.2, 0) is 4.74 Å². The maximum atomic E-state index is 12.3. The third kappa shape index (κ3) is 3.64. The van der Waals surface area contributed by atoms with Crippen LogP contribution in [0.15, 0.2) is 47.2 Å². The smallest absolute Gasteiger partial charge is 0.408 e. The van der Waals surface area contributed by atoms with Crippen molar-refractivity contribution in [3.8, 4) is 0 Å². The minimum atomic E-state index is -0.508. The van der Waals surface area contributed by atoms with Gasteiger partial charge in [0.25, 0.3) is 0 Å². The summed E-state index contributed by atoms with van der Waals surface area (Å²) in [5.74, 6) is 0.115. The van der Waals surface area contributed by atoms with Crippen LogP contribution in [0.4, 0.5) is 4.79 Å². The lowest BCUT2D eigenvalue weighted by Gasteiger charge is -2.31. The number of carbonyl (C=O) groups excluding carboxylic acids is 1. The summed E-state index contributed by atoms with van der Waals surface area (Å²) in [5.41, 5.74) is 2.96. The quantitative estimate of drug-likeness (QED) is 0.831. The number of carbonyl (C=O) groups is 1. The van der Waals surface area contributed by atoms with Gasteiger partial charge in [0.2, 0.25) is 0 Å². The van der Waals surface area contributed by atoms with Crippen LogP contribution in [0.3, 0.4) is 0 Å². The summed E-state index contributed by atoms with van der Waals surface area (Å²) in [6, 6.07) is 10.1. The summed E-state index contributed by atoms with van der Waals surface area (Å²) in [4.78, 5) is 12.3. The molecule has 1 heterocycles. The van der Waals surface area contributed by atoms with Gasteiger partial charge in [0.1, 0.15) is 5.60 Å². The first kappa shape index (κ1) is 15.8. The first-order valence-electron chi connectivity index (χ1n) is 7.73. The monoisotopic (exact) mass is 327 g/mol. The van der Waals surface area contributed by atoms with Crippen LogP contribution in [0.1, 0.15) is 49.4 Å². The number of rotatable bonds is 2. The Hall–Kier alpha value is -2.07. The number of thiophene rings is 1. The van der Waals surface area contributed by atoms with Crippen molar-refractivity contribution < 1.29 is 9.53 Å². The van der Waals surface area contributed by atoms with E-state index in [-0.39, 0.29) is 18.1 Å². The summed E-state index contributed by atoms with van der Waals surface area (Å²) in [6.45, 7) is 5.62. The molecule has 1 aliphatic carbocycles. The Morgan fingerprint density at radius 3 is 2.70 bits per heavy atom. The van der Waals surface area contributed by atoms with Gasteiger partial charge in [0, 0.05) is 5.92 Å². The molecule has 0 fully saturated rings. The van der Waals surface area contributed by atoms with E-state index in [9.17, 15) is 4.79 Å². The molecule has 0 spiro atoms. The molecule has 2 aromatic rings. The molecule has 0 saturated heterocycles. The lowest BCUT2D eigenvalue weighted by Crippen LogP contribution is -2.37. The van der Waals surface area contributed by atoms with E-state index < -0.39 is 5.60 Å². The molecule has 0 saturated carbocycles. The van der Waals surface area contributed by atoms with E-state index >= 15 is 0 Å². The van der Waals surface area contributed by atoms with Gasteiger partial charge in [0.15, 0.2) is 0 Å². The van der Waals surface area contributed by atoms with E-state index in [4.69, 9.17) is 4.74 Å². The van der Waals surface area contributed by atoms with Gasteiger partial charge in [-0.25, -0.2) is 4.79 Å². The second-order valence-electron chi connectivity index (χ2n) is 6.69. The maximum Gasteiger partial charge on any atom is 0.408 e. The van der Waals surface area contributed by atoms with Gasteiger partial charge >= 0.3 is 6.09 Å². The lowest BCUT2D eigenvalue weighted by molar-refractivity contribution is 0.0499. The SMILES string of the molecule is CC(C)(C)OC(=O)N[C@@H]1c2ccccc2C=C[C@@H]1c1ccsc1. The van der Waals surface area contributed by atoms with Crippen molar-refractivity contribution in [2.45, 2.75) is 38.3 Å². The fourth-order valence-corrected chi connectivity index (χ4v) is 3.54. The van der Waals surface area contributed by atoms with E-state index in [1.54, 1.807) is 11.3 Å². The van der Waals surface area contributed by atoms with Gasteiger partial charge in [-0.3, -0.25) is 0 Å². The topological polar surface area (TPSA) is 38.3 Å². The van der Waals surface area contributed by atoms with Crippen LogP contribution in [0, 0.1) is 0 Å². The van der Waals surface area contributed by atoms with E-state index in [1.165, 1.54) is 5.56 Å². The fourth-order valence-electron chi connectivity index (χ4n) is 2.83. The zero-order chi connectivity index (χ0) is 16.4. The molecule has 0 aliphatic heterocycles. The zero-order valence-corrected chi connectivity index (χ0v) is 14.4. The molecule has 2 atom stereocenters. The molecule has 1 aromatic carbocycles. The molecule has 0 bridgehead atoms. The molecule has 1 aromatic heterocycles. The third-order valence-electron chi connectivity index (χ3n) is 3.77. The Morgan fingerprint density at radius 2 is 2.00 bits per heavy atom. The van der Waals surface area contributed by atoms with E-state index in [0.717, 1.165) is 11.1 Å². The van der Waals surface area contributed by atoms with Crippen LogP contribution in [0.2, 0.25) is 0 Å². The Bertz CT molecular complexity index is 713. The summed E-state index contributed by atoms with van der Waals surface area (Å²) in [5, 5.41) is 7.26. The summed E-state index contributed by atoms with van der Waals surface area (Å²) in [6.07, 6.45) is 3.91. The highest BCUT2D eigenvalue weighted by Gasteiger charge is 2.30. The molecule has 3 rings (SSSR count). The minimum Gasteiger partial charge on any atom is -0.444 e. The summed E-state index contributed by atoms with van der Waals surface area (Å²) >= 11 is 1.67. The Morgan fingerprint density at radius 1 is 1.22 bits per heavy atom. The molecule has 120 valence electrons. The van der Waals surface area contributed by atoms with E-state index in [2.05, 4.69) is 46.4 Å². The van der Waals surface area contributed by atoms with Gasteiger partial charge in [-0.05, 0) is 54.3 Å². The highest BCUT2D eigenvalue weighted by atomic mass is 32.1. The number of hydrogen-bond donors (Lipinski definition) is 1. The largest absolute Gasteiger partial charge is 0.444 e. The number of hydrogen-bond acceptors (Lipinski definition) is 3. The number of fused-ring (bicyclic) bond motifs is 1. The number of alkyl carbamates (subject to hydrolysis) is 1. The van der Waals surface area contributed by atoms with Crippen molar-refractivity contribution in [1.29, 1.82) is 0 Å². The van der Waals surface area contributed by atoms with Crippen molar-refractivity contribution in [2.75, 3.05) is 0 Å². The molecule has 0 radical (unpaired) electrons. The van der Waals surface area contributed by atoms with E-state index in [1.807, 2.05) is 32.9 Å². The van der Waals surface area contributed by atoms with Crippen molar-refractivity contribution in [1.82, 2.24) is 5.32 Å². The number of nitrogens with one attached hydrogen (secondary N) is 1. The average molecular weight is 327 g/mol. The molecule has 1 amide bonds. The van der Waals surface area contributed by atoms with Crippen LogP contribution in [0.25, 0.3) is 6.08 Å². The van der Waals surface area contributed by atoms with Gasteiger partial charge in [-0.15, -0.1) is 0 Å². The fraction of sp³-hybridized carbons (Fsp3) is 0.316. The van der Waals surface area contributed by atoms with Gasteiger partial charge in [-0.1, -0.05) is 36.4 Å². The van der Waals surface area contributed by atoms with Crippen molar-refractivity contribution in [2.24, 2.45) is 0 Å². The molecule has 4 heteroatoms. The van der Waals surface area contributed by atoms with Gasteiger partial charge in [0.05, 0.1) is 6.04 Å². The number of benzene rings is 1. The van der Waals surface area contributed by atoms with Crippen molar-refractivity contribution in [3.05, 3.63) is 63.9 Å². The first-order chi connectivity index (χ1) is 10.9. The highest BCUT2D eigenvalue weighted by molar-refractivity contribution is 7.08. The van der Waals surface area contributed by atoms with Crippen molar-refractivity contribution >= 4 is 23.5 Å². The second-order valence-corrected chi connectivity index (χ2v) is 7.47. The first-order valence-corrected chi connectivity index (χ1v) is 8.67. The second kappa shape index (κ2) is 6.20. The Kier molecular flexibility index (Phi) is 4.26. The normalized spacial score (nSPS) is 20.0. The standard InChI is InChI=1S/C19H21NO2S/c1-19(2,3)22-18(21)20-17-15-7-5-4-6-13(15)8-9-16(17)14-10-11-23-12-14/h4-12,16-17H,1-3H3,(H,20,21)/t16-,17-/m1/s1. The predicted molar refractivity (Wildman–Crippen MR) is 94.6 cm³/mol. The molecule has 23 heavy (non-hydrogen) atoms. The average Bonchev–Trinajstić information content (AvgIpc) is 2.99. The Labute approximate surface area is 141 Å². The zero-order valence-electron chi connectivity index (χ0n) is 13.6. The predicted octanol–water partition coefficient (Wildman–Crippen LogP) is 5.12. The minimum absolute atomic E-state index is 0.115. The van der Waals surface area contributed by atoms with Crippen LogP contribution in [0.5, 0.6) is 0 Å². The molecular weight excluding hydrogens is 306 g/mol. The highest BCUT2D eigenvalue weighted by Crippen LogP contribution is 2.39. The van der Waals surface area contributed by atoms with Crippen LogP contribution < -0.4 is 5.32 Å². The van der Waals surface area contributed by atoms with Crippen LogP contribution >= 0.6 is 11.3 Å². The molecule has 1 aliphatic rings. The number of ether oxygens (including phenoxy) is 1. The lowest BCUT2D eigenvalue weighted by atomic mass is 9.82. The summed E-state index contributed by atoms with van der Waals surface area (Å²) < 4.78 is 5.45.